The number of hydrogen-bond donors (Lipinski definition) is 4. The molecule has 9 nitrogen and oxygen atoms in total. The summed E-state index contributed by atoms with van der Waals surface area (Å²) >= 11 is 1.34. The second kappa shape index (κ2) is 14.3. The van der Waals surface area contributed by atoms with Crippen LogP contribution in [0.1, 0.15) is 22.8 Å². The standard InChI is InChI=1S/C35H32N4O5S/c1-22(33(40)38-26-17-27(43-2)20-28(18-26)44-3)45-29-13-9-12-25(19-29)37-35(42)32(39-34(41)23-10-5-4-6-11-23)16-24-21-36-31-15-8-7-14-30(24)31/h4-22,36H,1-3H3,(H,37,42)(H,38,40)(H,39,41)/b32-16-. The quantitative estimate of drug-likeness (QED) is 0.0962. The lowest BCUT2D eigenvalue weighted by atomic mass is 10.1. The fourth-order valence-electron chi connectivity index (χ4n) is 4.54. The number of carbonyl (C=O) groups is 3. The van der Waals surface area contributed by atoms with Crippen LogP contribution in [0.2, 0.25) is 0 Å². The van der Waals surface area contributed by atoms with Crippen LogP contribution in [0.5, 0.6) is 11.5 Å². The van der Waals surface area contributed by atoms with E-state index in [1.807, 2.05) is 36.4 Å². The van der Waals surface area contributed by atoms with Crippen LogP contribution in [0.4, 0.5) is 11.4 Å². The lowest BCUT2D eigenvalue weighted by Crippen LogP contribution is -2.30. The summed E-state index contributed by atoms with van der Waals surface area (Å²) in [5.74, 6) is 0.00868. The van der Waals surface area contributed by atoms with Gasteiger partial charge in [-0.3, -0.25) is 14.4 Å². The van der Waals surface area contributed by atoms with E-state index in [0.29, 0.717) is 28.4 Å². The van der Waals surface area contributed by atoms with Crippen LogP contribution in [0.3, 0.4) is 0 Å². The molecule has 0 saturated carbocycles. The minimum absolute atomic E-state index is 0.0770. The number of ether oxygens (including phenoxy) is 2. The zero-order chi connectivity index (χ0) is 31.8. The van der Waals surface area contributed by atoms with Crippen molar-refractivity contribution in [3.63, 3.8) is 0 Å². The average molecular weight is 621 g/mol. The zero-order valence-corrected chi connectivity index (χ0v) is 25.7. The summed E-state index contributed by atoms with van der Waals surface area (Å²) in [6.07, 6.45) is 3.44. The smallest absolute Gasteiger partial charge is 0.272 e. The van der Waals surface area contributed by atoms with Crippen molar-refractivity contribution in [3.8, 4) is 11.5 Å². The van der Waals surface area contributed by atoms with Crippen molar-refractivity contribution >= 4 is 57.8 Å². The number of nitrogens with one attached hydrogen (secondary N) is 4. The summed E-state index contributed by atoms with van der Waals surface area (Å²) in [6, 6.07) is 28.7. The van der Waals surface area contributed by atoms with Crippen molar-refractivity contribution in [2.24, 2.45) is 0 Å². The van der Waals surface area contributed by atoms with E-state index in [2.05, 4.69) is 20.9 Å². The topological polar surface area (TPSA) is 122 Å². The van der Waals surface area contributed by atoms with Gasteiger partial charge in [0.1, 0.15) is 17.2 Å². The van der Waals surface area contributed by atoms with Crippen LogP contribution in [-0.2, 0) is 9.59 Å². The average Bonchev–Trinajstić information content (AvgIpc) is 3.47. The monoisotopic (exact) mass is 620 g/mol. The molecular formula is C35H32N4O5S. The Hall–Kier alpha value is -5.48. The predicted molar refractivity (Wildman–Crippen MR) is 179 cm³/mol. The number of para-hydroxylation sites is 1. The maximum atomic E-state index is 13.6. The molecule has 0 spiro atoms. The number of carbonyl (C=O) groups excluding carboxylic acids is 3. The van der Waals surface area contributed by atoms with E-state index in [9.17, 15) is 14.4 Å². The molecule has 1 aromatic heterocycles. The highest BCUT2D eigenvalue weighted by molar-refractivity contribution is 8.00. The summed E-state index contributed by atoms with van der Waals surface area (Å²) in [5.41, 5.74) is 3.22. The summed E-state index contributed by atoms with van der Waals surface area (Å²) in [4.78, 5) is 43.6. The first-order valence-electron chi connectivity index (χ1n) is 14.1. The molecule has 1 unspecified atom stereocenters. The summed E-state index contributed by atoms with van der Waals surface area (Å²) in [7, 11) is 3.09. The number of thioether (sulfide) groups is 1. The molecule has 5 rings (SSSR count). The number of aromatic nitrogens is 1. The summed E-state index contributed by atoms with van der Waals surface area (Å²) in [6.45, 7) is 1.80. The molecule has 1 heterocycles. The fourth-order valence-corrected chi connectivity index (χ4v) is 5.46. The Kier molecular flexibility index (Phi) is 9.86. The molecule has 0 bridgehead atoms. The normalized spacial score (nSPS) is 11.8. The van der Waals surface area contributed by atoms with Gasteiger partial charge in [-0.1, -0.05) is 42.5 Å². The third-order valence-corrected chi connectivity index (χ3v) is 7.94. The third kappa shape index (κ3) is 7.92. The van der Waals surface area contributed by atoms with Gasteiger partial charge in [0.15, 0.2) is 0 Å². The Morgan fingerprint density at radius 1 is 0.800 bits per heavy atom. The van der Waals surface area contributed by atoms with Gasteiger partial charge in [-0.25, -0.2) is 0 Å². The Morgan fingerprint density at radius 2 is 1.51 bits per heavy atom. The minimum Gasteiger partial charge on any atom is -0.497 e. The Morgan fingerprint density at radius 3 is 2.24 bits per heavy atom. The van der Waals surface area contributed by atoms with Crippen molar-refractivity contribution in [2.45, 2.75) is 17.1 Å². The van der Waals surface area contributed by atoms with Crippen LogP contribution in [-0.4, -0.2) is 42.2 Å². The van der Waals surface area contributed by atoms with Gasteiger partial charge in [0.2, 0.25) is 5.91 Å². The molecule has 10 heteroatoms. The van der Waals surface area contributed by atoms with Crippen LogP contribution in [0.25, 0.3) is 17.0 Å². The van der Waals surface area contributed by atoms with E-state index in [4.69, 9.17) is 9.47 Å². The first kappa shape index (κ1) is 31.0. The molecule has 0 radical (unpaired) electrons. The molecule has 0 aliphatic rings. The van der Waals surface area contributed by atoms with Gasteiger partial charge in [-0.15, -0.1) is 11.8 Å². The number of methoxy groups -OCH3 is 2. The molecule has 0 saturated heterocycles. The third-order valence-electron chi connectivity index (χ3n) is 6.84. The number of hydrogen-bond acceptors (Lipinski definition) is 6. The van der Waals surface area contributed by atoms with Gasteiger partial charge in [-0.2, -0.15) is 0 Å². The largest absolute Gasteiger partial charge is 0.497 e. The first-order chi connectivity index (χ1) is 21.8. The lowest BCUT2D eigenvalue weighted by Gasteiger charge is -2.15. The van der Waals surface area contributed by atoms with Gasteiger partial charge in [-0.05, 0) is 49.4 Å². The highest BCUT2D eigenvalue weighted by Gasteiger charge is 2.18. The van der Waals surface area contributed by atoms with Crippen molar-refractivity contribution in [1.29, 1.82) is 0 Å². The fraction of sp³-hybridized carbons (Fsp3) is 0.114. The molecule has 4 N–H and O–H groups in total. The van der Waals surface area contributed by atoms with Crippen molar-refractivity contribution < 1.29 is 23.9 Å². The van der Waals surface area contributed by atoms with Crippen LogP contribution < -0.4 is 25.4 Å². The maximum absolute atomic E-state index is 13.6. The van der Waals surface area contributed by atoms with Crippen molar-refractivity contribution in [2.75, 3.05) is 24.9 Å². The Balaban J connectivity index is 1.32. The number of rotatable bonds is 11. The first-order valence-corrected chi connectivity index (χ1v) is 15.0. The summed E-state index contributed by atoms with van der Waals surface area (Å²) < 4.78 is 10.6. The molecule has 0 fully saturated rings. The van der Waals surface area contributed by atoms with E-state index >= 15 is 0 Å². The van der Waals surface area contributed by atoms with E-state index in [1.165, 1.54) is 11.8 Å². The number of aromatic amines is 1. The van der Waals surface area contributed by atoms with E-state index in [1.54, 1.807) is 94.1 Å². The number of anilines is 2. The van der Waals surface area contributed by atoms with Crippen LogP contribution in [0, 0.1) is 0 Å². The predicted octanol–water partition coefficient (Wildman–Crippen LogP) is 6.71. The number of fused-ring (bicyclic) bond motifs is 1. The highest BCUT2D eigenvalue weighted by Crippen LogP contribution is 2.29. The molecule has 1 atom stereocenters. The second-order valence-corrected chi connectivity index (χ2v) is 11.4. The SMILES string of the molecule is COc1cc(NC(=O)C(C)Sc2cccc(NC(=O)/C(=C/c3c[nH]c4ccccc34)NC(=O)c3ccccc3)c2)cc(OC)c1. The molecular weight excluding hydrogens is 588 g/mol. The molecule has 45 heavy (non-hydrogen) atoms. The van der Waals surface area contributed by atoms with Crippen molar-refractivity contribution in [3.05, 3.63) is 120 Å². The van der Waals surface area contributed by atoms with Gasteiger partial charge in [0.25, 0.3) is 11.8 Å². The number of benzene rings is 4. The molecule has 0 aliphatic heterocycles. The molecule has 5 aromatic rings. The van der Waals surface area contributed by atoms with Gasteiger partial charge < -0.3 is 30.4 Å². The van der Waals surface area contributed by atoms with Gasteiger partial charge in [0, 0.05) is 62.7 Å². The molecule has 0 aliphatic carbocycles. The Bertz CT molecular complexity index is 1850. The number of amides is 3. The Labute approximate surface area is 265 Å². The lowest BCUT2D eigenvalue weighted by molar-refractivity contribution is -0.115. The summed E-state index contributed by atoms with van der Waals surface area (Å²) in [5, 5.41) is 9.02. The highest BCUT2D eigenvalue weighted by atomic mass is 32.2. The molecule has 4 aromatic carbocycles. The van der Waals surface area contributed by atoms with E-state index in [-0.39, 0.29) is 11.6 Å². The van der Waals surface area contributed by atoms with Gasteiger partial charge in [0.05, 0.1) is 19.5 Å². The number of H-pyrrole nitrogens is 1. The van der Waals surface area contributed by atoms with Crippen molar-refractivity contribution in [1.82, 2.24) is 10.3 Å². The van der Waals surface area contributed by atoms with E-state index < -0.39 is 17.1 Å². The van der Waals surface area contributed by atoms with Crippen LogP contribution >= 0.6 is 11.8 Å². The zero-order valence-electron chi connectivity index (χ0n) is 24.9. The minimum atomic E-state index is -0.496. The second-order valence-electron chi connectivity index (χ2n) is 10.0. The van der Waals surface area contributed by atoms with Gasteiger partial charge >= 0.3 is 0 Å². The maximum Gasteiger partial charge on any atom is 0.272 e. The molecule has 228 valence electrons. The van der Waals surface area contributed by atoms with Crippen LogP contribution in [0.15, 0.2) is 114 Å². The van der Waals surface area contributed by atoms with E-state index in [0.717, 1.165) is 21.4 Å². The molecule has 3 amide bonds.